The van der Waals surface area contributed by atoms with Gasteiger partial charge in [0.2, 0.25) is 5.88 Å². The fourth-order valence-corrected chi connectivity index (χ4v) is 2.85. The molecular weight excluding hydrogens is 293 g/mol. The van der Waals surface area contributed by atoms with Crippen LogP contribution in [0.1, 0.15) is 16.8 Å². The van der Waals surface area contributed by atoms with Crippen molar-refractivity contribution in [2.45, 2.75) is 20.0 Å². The third-order valence-corrected chi connectivity index (χ3v) is 4.23. The van der Waals surface area contributed by atoms with Crippen molar-refractivity contribution in [1.82, 2.24) is 9.55 Å². The third-order valence-electron chi connectivity index (χ3n) is 4.23. The summed E-state index contributed by atoms with van der Waals surface area (Å²) in [4.78, 5) is 4.27. The van der Waals surface area contributed by atoms with Crippen LogP contribution in [-0.4, -0.2) is 16.7 Å². The molecule has 0 bridgehead atoms. The SMILES string of the molecule is COc1cc(C(F)(F)F)c2ccc3c(C)c(C)n(C)c3c2n1. The van der Waals surface area contributed by atoms with Crippen LogP contribution in [-0.2, 0) is 13.2 Å². The average molecular weight is 308 g/mol. The summed E-state index contributed by atoms with van der Waals surface area (Å²) >= 11 is 0. The molecule has 0 aliphatic rings. The molecule has 22 heavy (non-hydrogen) atoms. The van der Waals surface area contributed by atoms with Crippen molar-refractivity contribution in [2.24, 2.45) is 7.05 Å². The lowest BCUT2D eigenvalue weighted by Crippen LogP contribution is -2.07. The van der Waals surface area contributed by atoms with Gasteiger partial charge >= 0.3 is 6.18 Å². The minimum Gasteiger partial charge on any atom is -0.481 e. The number of fused-ring (bicyclic) bond motifs is 3. The summed E-state index contributed by atoms with van der Waals surface area (Å²) < 4.78 is 46.8. The summed E-state index contributed by atoms with van der Waals surface area (Å²) in [5.41, 5.74) is 2.31. The smallest absolute Gasteiger partial charge is 0.417 e. The van der Waals surface area contributed by atoms with Crippen molar-refractivity contribution in [3.63, 3.8) is 0 Å². The molecular formula is C16H15F3N2O. The second-order valence-electron chi connectivity index (χ2n) is 5.34. The maximum Gasteiger partial charge on any atom is 0.417 e. The van der Waals surface area contributed by atoms with E-state index in [1.54, 1.807) is 6.07 Å². The molecule has 2 aromatic heterocycles. The van der Waals surface area contributed by atoms with E-state index in [0.29, 0.717) is 11.0 Å². The van der Waals surface area contributed by atoms with Crippen LogP contribution in [0.2, 0.25) is 0 Å². The molecule has 3 nitrogen and oxygen atoms in total. The molecule has 1 aromatic carbocycles. The zero-order valence-electron chi connectivity index (χ0n) is 12.7. The van der Waals surface area contributed by atoms with Gasteiger partial charge in [-0.25, -0.2) is 4.98 Å². The topological polar surface area (TPSA) is 27.1 Å². The zero-order chi connectivity index (χ0) is 16.2. The molecule has 0 fully saturated rings. The first-order valence-corrected chi connectivity index (χ1v) is 6.76. The van der Waals surface area contributed by atoms with E-state index in [1.165, 1.54) is 13.2 Å². The summed E-state index contributed by atoms with van der Waals surface area (Å²) in [6.45, 7) is 3.89. The van der Waals surface area contributed by atoms with Crippen LogP contribution < -0.4 is 4.74 Å². The Labute approximate surface area is 125 Å². The minimum absolute atomic E-state index is 0.0381. The van der Waals surface area contributed by atoms with Crippen LogP contribution >= 0.6 is 0 Å². The predicted octanol–water partition coefficient (Wildman–Crippen LogP) is 4.37. The Hall–Kier alpha value is -2.24. The van der Waals surface area contributed by atoms with Gasteiger partial charge in [-0.05, 0) is 19.4 Å². The lowest BCUT2D eigenvalue weighted by atomic mass is 10.0. The maximum absolute atomic E-state index is 13.3. The quantitative estimate of drug-likeness (QED) is 0.667. The Morgan fingerprint density at radius 1 is 1.14 bits per heavy atom. The molecule has 0 atom stereocenters. The fourth-order valence-electron chi connectivity index (χ4n) is 2.85. The van der Waals surface area contributed by atoms with Crippen LogP contribution in [0, 0.1) is 13.8 Å². The number of aryl methyl sites for hydroxylation is 2. The molecule has 2 heterocycles. The Balaban J connectivity index is 2.56. The van der Waals surface area contributed by atoms with Gasteiger partial charge in [-0.15, -0.1) is 0 Å². The Morgan fingerprint density at radius 2 is 1.77 bits per heavy atom. The van der Waals surface area contributed by atoms with Crippen LogP contribution in [0.4, 0.5) is 13.2 Å². The van der Waals surface area contributed by atoms with Gasteiger partial charge in [0.1, 0.15) is 0 Å². The third kappa shape index (κ3) is 1.94. The first-order chi connectivity index (χ1) is 10.3. The normalized spacial score (nSPS) is 12.3. The van der Waals surface area contributed by atoms with Crippen LogP contribution in [0.25, 0.3) is 21.8 Å². The number of benzene rings is 1. The zero-order valence-corrected chi connectivity index (χ0v) is 12.7. The molecule has 0 amide bonds. The number of halogens is 3. The summed E-state index contributed by atoms with van der Waals surface area (Å²) in [7, 11) is 3.15. The molecule has 0 aliphatic carbocycles. The molecule has 0 saturated heterocycles. The first kappa shape index (κ1) is 14.7. The number of aromatic nitrogens is 2. The van der Waals surface area contributed by atoms with Gasteiger partial charge in [0.15, 0.2) is 0 Å². The van der Waals surface area contributed by atoms with E-state index < -0.39 is 11.7 Å². The van der Waals surface area contributed by atoms with Crippen LogP contribution in [0.3, 0.4) is 0 Å². The van der Waals surface area contributed by atoms with Crippen molar-refractivity contribution >= 4 is 21.8 Å². The van der Waals surface area contributed by atoms with Crippen molar-refractivity contribution in [3.8, 4) is 5.88 Å². The largest absolute Gasteiger partial charge is 0.481 e. The van der Waals surface area contributed by atoms with E-state index in [4.69, 9.17) is 4.74 Å². The lowest BCUT2D eigenvalue weighted by molar-refractivity contribution is -0.136. The molecule has 0 radical (unpaired) electrons. The van der Waals surface area contributed by atoms with Crippen LogP contribution in [0.15, 0.2) is 18.2 Å². The van der Waals surface area contributed by atoms with Crippen molar-refractivity contribution < 1.29 is 17.9 Å². The minimum atomic E-state index is -4.46. The van der Waals surface area contributed by atoms with Gasteiger partial charge in [-0.3, -0.25) is 0 Å². The Kier molecular flexibility index (Phi) is 3.09. The molecule has 3 rings (SSSR count). The molecule has 0 unspecified atom stereocenters. The van der Waals surface area contributed by atoms with Gasteiger partial charge < -0.3 is 9.30 Å². The Bertz CT molecular complexity index is 894. The number of alkyl halides is 3. The van der Waals surface area contributed by atoms with Crippen molar-refractivity contribution in [3.05, 3.63) is 35.0 Å². The van der Waals surface area contributed by atoms with E-state index in [-0.39, 0.29) is 11.3 Å². The standard InChI is InChI=1S/C16H15F3N2O/c1-8-9(2)21(3)15-10(8)5-6-11-12(16(17,18)19)7-13(22-4)20-14(11)15/h5-7H,1-4H3. The number of methoxy groups -OCH3 is 1. The van der Waals surface area contributed by atoms with E-state index in [2.05, 4.69) is 4.98 Å². The second kappa shape index (κ2) is 4.63. The predicted molar refractivity (Wildman–Crippen MR) is 79.2 cm³/mol. The van der Waals surface area contributed by atoms with Gasteiger partial charge in [0.25, 0.3) is 0 Å². The van der Waals surface area contributed by atoms with Gasteiger partial charge in [0, 0.05) is 29.6 Å². The Morgan fingerprint density at radius 3 is 2.36 bits per heavy atom. The number of ether oxygens (including phenoxy) is 1. The summed E-state index contributed by atoms with van der Waals surface area (Å²) in [5.74, 6) is -0.0381. The molecule has 3 aromatic rings. The van der Waals surface area contributed by atoms with Gasteiger partial charge in [-0.1, -0.05) is 12.1 Å². The molecule has 116 valence electrons. The lowest BCUT2D eigenvalue weighted by Gasteiger charge is -2.13. The van der Waals surface area contributed by atoms with E-state index >= 15 is 0 Å². The van der Waals surface area contributed by atoms with E-state index in [9.17, 15) is 13.2 Å². The number of pyridine rings is 1. The van der Waals surface area contributed by atoms with E-state index in [0.717, 1.165) is 22.7 Å². The summed E-state index contributed by atoms with van der Waals surface area (Å²) in [6.07, 6.45) is -4.46. The molecule has 0 saturated carbocycles. The number of rotatable bonds is 1. The second-order valence-corrected chi connectivity index (χ2v) is 5.34. The number of hydrogen-bond acceptors (Lipinski definition) is 2. The maximum atomic E-state index is 13.3. The number of nitrogens with zero attached hydrogens (tertiary/aromatic N) is 2. The highest BCUT2D eigenvalue weighted by Gasteiger charge is 2.34. The average Bonchev–Trinajstić information content (AvgIpc) is 2.70. The molecule has 0 spiro atoms. The van der Waals surface area contributed by atoms with Crippen LogP contribution in [0.5, 0.6) is 5.88 Å². The molecule has 0 N–H and O–H groups in total. The van der Waals surface area contributed by atoms with Gasteiger partial charge in [-0.2, -0.15) is 13.2 Å². The highest BCUT2D eigenvalue weighted by molar-refractivity contribution is 6.06. The monoisotopic (exact) mass is 308 g/mol. The van der Waals surface area contributed by atoms with Crippen molar-refractivity contribution in [1.29, 1.82) is 0 Å². The first-order valence-electron chi connectivity index (χ1n) is 6.76. The summed E-state index contributed by atoms with van der Waals surface area (Å²) in [5, 5.41) is 0.989. The fraction of sp³-hybridized carbons (Fsp3) is 0.312. The van der Waals surface area contributed by atoms with E-state index in [1.807, 2.05) is 25.5 Å². The summed E-state index contributed by atoms with van der Waals surface area (Å²) in [6, 6.07) is 4.15. The van der Waals surface area contributed by atoms with Crippen molar-refractivity contribution in [2.75, 3.05) is 7.11 Å². The number of hydrogen-bond donors (Lipinski definition) is 0. The molecule has 6 heteroatoms. The van der Waals surface area contributed by atoms with Gasteiger partial charge in [0.05, 0.1) is 23.7 Å². The highest BCUT2D eigenvalue weighted by atomic mass is 19.4. The molecule has 0 aliphatic heterocycles. The highest BCUT2D eigenvalue weighted by Crippen LogP contribution is 2.39.